The average Bonchev–Trinajstić information content (AvgIpc) is 3.31. The summed E-state index contributed by atoms with van der Waals surface area (Å²) in [5.41, 5.74) is 1.91. The number of carbonyl (C=O) groups excluding carboxylic acids is 2. The van der Waals surface area contributed by atoms with E-state index < -0.39 is 16.7 Å². The van der Waals surface area contributed by atoms with Crippen molar-refractivity contribution < 1.29 is 49.2 Å². The van der Waals surface area contributed by atoms with Crippen molar-refractivity contribution in [3.05, 3.63) is 99.1 Å². The van der Waals surface area contributed by atoms with Crippen LogP contribution in [0.25, 0.3) is 16.6 Å². The fraction of sp³-hybridized carbons (Fsp3) is 0.0833. The van der Waals surface area contributed by atoms with Gasteiger partial charge in [-0.3, -0.25) is 14.9 Å². The van der Waals surface area contributed by atoms with E-state index in [2.05, 4.69) is 8.75 Å². The number of fused-ring (bicyclic) bond motifs is 1. The Labute approximate surface area is 230 Å². The first-order valence-electron chi connectivity index (χ1n) is 9.96. The molecule has 0 unspecified atom stereocenters. The van der Waals surface area contributed by atoms with Gasteiger partial charge in [-0.2, -0.15) is 8.75 Å². The van der Waals surface area contributed by atoms with Crippen molar-refractivity contribution in [1.29, 1.82) is 0 Å². The van der Waals surface area contributed by atoms with E-state index in [1.807, 2.05) is 6.26 Å². The normalized spacial score (nSPS) is 11.5. The Hall–Kier alpha value is -2.89. The summed E-state index contributed by atoms with van der Waals surface area (Å²) in [5.74, 6) is -1.98. The van der Waals surface area contributed by atoms with E-state index in [4.69, 9.17) is 0 Å². The summed E-state index contributed by atoms with van der Waals surface area (Å²) in [4.78, 5) is 37.3. The van der Waals surface area contributed by atoms with Gasteiger partial charge in [-0.25, -0.2) is 0 Å². The fourth-order valence-electron chi connectivity index (χ4n) is 3.49. The van der Waals surface area contributed by atoms with Crippen LogP contribution in [0.15, 0.2) is 77.2 Å². The number of ketones is 1. The molecule has 0 bridgehead atoms. The van der Waals surface area contributed by atoms with Gasteiger partial charge in [0.1, 0.15) is 11.0 Å². The molecule has 0 N–H and O–H groups in total. The van der Waals surface area contributed by atoms with Gasteiger partial charge in [0.05, 0.1) is 22.6 Å². The summed E-state index contributed by atoms with van der Waals surface area (Å²) >= 11 is 2.52. The van der Waals surface area contributed by atoms with E-state index in [1.165, 1.54) is 36.0 Å². The summed E-state index contributed by atoms with van der Waals surface area (Å²) in [6, 6.07) is 17.3. The maximum atomic E-state index is 13.6. The Kier molecular flexibility index (Phi) is 8.92. The monoisotopic (exact) mass is 513 g/mol. The second-order valence-corrected chi connectivity index (χ2v) is 8.67. The van der Waals surface area contributed by atoms with E-state index in [-0.39, 0.29) is 58.4 Å². The topological polar surface area (TPSA) is 126 Å². The van der Waals surface area contributed by atoms with Crippen molar-refractivity contribution in [1.82, 2.24) is 8.75 Å². The number of rotatable bonds is 8. The Balaban J connectivity index is 0.00000342. The number of hydrogen-bond donors (Lipinski definition) is 0. The molecule has 3 aromatic carbocycles. The van der Waals surface area contributed by atoms with Crippen LogP contribution in [0.1, 0.15) is 21.5 Å². The molecule has 170 valence electrons. The third-order valence-corrected chi connectivity index (χ3v) is 6.50. The molecule has 0 aliphatic rings. The predicted molar refractivity (Wildman–Crippen MR) is 129 cm³/mol. The zero-order valence-corrected chi connectivity index (χ0v) is 22.4. The van der Waals surface area contributed by atoms with E-state index in [0.29, 0.717) is 22.2 Å². The minimum atomic E-state index is -1.51. The first-order chi connectivity index (χ1) is 16.4. The van der Waals surface area contributed by atoms with E-state index in [9.17, 15) is 24.8 Å². The second-order valence-electron chi connectivity index (χ2n) is 7.27. The van der Waals surface area contributed by atoms with Crippen molar-refractivity contribution in [3.63, 3.8) is 0 Å². The van der Waals surface area contributed by atoms with Gasteiger partial charge in [0.25, 0.3) is 5.69 Å². The maximum absolute atomic E-state index is 13.6. The third-order valence-electron chi connectivity index (χ3n) is 5.20. The number of carboxylic acid groups (broad SMARTS) is 1. The third kappa shape index (κ3) is 6.03. The smallest absolute Gasteiger partial charge is 0.545 e. The number of thioether (sulfide) groups is 1. The number of aliphatic carboxylic acids is 1. The number of nitrogens with zero attached hydrogens (tertiary/aromatic N) is 3. The second kappa shape index (κ2) is 11.7. The van der Waals surface area contributed by atoms with Crippen molar-refractivity contribution in [2.75, 3.05) is 6.26 Å². The van der Waals surface area contributed by atoms with E-state index in [1.54, 1.807) is 42.5 Å². The molecule has 0 radical (unpaired) electrons. The Morgan fingerprint density at radius 1 is 0.943 bits per heavy atom. The molecule has 11 heteroatoms. The molecule has 8 nitrogen and oxygen atoms in total. The molecule has 0 atom stereocenters. The minimum absolute atomic E-state index is 0. The summed E-state index contributed by atoms with van der Waals surface area (Å²) in [5, 5.41) is 23.3. The van der Waals surface area contributed by atoms with Gasteiger partial charge in [0, 0.05) is 40.2 Å². The van der Waals surface area contributed by atoms with E-state index in [0.717, 1.165) is 16.6 Å². The van der Waals surface area contributed by atoms with Crippen molar-refractivity contribution in [2.24, 2.45) is 0 Å². The Morgan fingerprint density at radius 3 is 2.17 bits per heavy atom. The number of carboxylic acids is 1. The van der Waals surface area contributed by atoms with Crippen molar-refractivity contribution in [3.8, 4) is 0 Å². The van der Waals surface area contributed by atoms with Crippen LogP contribution in [-0.4, -0.2) is 31.7 Å². The number of nitro groups is 1. The molecule has 0 aliphatic heterocycles. The Bertz CT molecular complexity index is 1430. The SMILES string of the molecule is CSc1ccc(C(=O)/C(Cc2ccc([N+](=O)[O-])cc2)=C(/C(=O)[O-])c2ccc3nsnc3c2)cc1.[Na+]. The largest absolute Gasteiger partial charge is 1.00 e. The van der Waals surface area contributed by atoms with Crippen LogP contribution in [0.3, 0.4) is 0 Å². The molecule has 0 saturated carbocycles. The van der Waals surface area contributed by atoms with Crippen molar-refractivity contribution in [2.45, 2.75) is 11.3 Å². The molecule has 0 saturated heterocycles. The van der Waals surface area contributed by atoms with Crippen molar-refractivity contribution >= 4 is 57.5 Å². The van der Waals surface area contributed by atoms with Gasteiger partial charge in [0.2, 0.25) is 0 Å². The number of Topliss-reactive ketones (excluding diaryl/α,β-unsaturated/α-hetero) is 1. The van der Waals surface area contributed by atoms with Gasteiger partial charge in [-0.15, -0.1) is 11.8 Å². The molecule has 4 aromatic rings. The van der Waals surface area contributed by atoms with Crippen LogP contribution in [0.2, 0.25) is 0 Å². The summed E-state index contributed by atoms with van der Waals surface area (Å²) in [6.45, 7) is 0. The van der Waals surface area contributed by atoms with Crippen LogP contribution < -0.4 is 34.7 Å². The molecule has 0 fully saturated rings. The molecule has 0 spiro atoms. The van der Waals surface area contributed by atoms with Crippen LogP contribution in [-0.2, 0) is 11.2 Å². The quantitative estimate of drug-likeness (QED) is 0.0852. The first kappa shape index (κ1) is 26.7. The number of benzene rings is 3. The maximum Gasteiger partial charge on any atom is 1.00 e. The van der Waals surface area contributed by atoms with Crippen LogP contribution >= 0.6 is 23.5 Å². The average molecular weight is 514 g/mol. The zero-order chi connectivity index (χ0) is 24.2. The molecule has 1 heterocycles. The van der Waals surface area contributed by atoms with Gasteiger partial charge < -0.3 is 9.90 Å². The Morgan fingerprint density at radius 2 is 1.57 bits per heavy atom. The summed E-state index contributed by atoms with van der Waals surface area (Å²) in [6.07, 6.45) is 1.85. The van der Waals surface area contributed by atoms with Gasteiger partial charge in [0.15, 0.2) is 5.78 Å². The molecule has 35 heavy (non-hydrogen) atoms. The van der Waals surface area contributed by atoms with E-state index >= 15 is 0 Å². The van der Waals surface area contributed by atoms with Gasteiger partial charge in [-0.1, -0.05) is 18.2 Å². The van der Waals surface area contributed by atoms with Crippen LogP contribution in [0.5, 0.6) is 0 Å². The first-order valence-corrected chi connectivity index (χ1v) is 11.9. The number of non-ortho nitro benzene ring substituents is 1. The van der Waals surface area contributed by atoms with Crippen LogP contribution in [0, 0.1) is 10.1 Å². The summed E-state index contributed by atoms with van der Waals surface area (Å²) in [7, 11) is 0. The number of carbonyl (C=O) groups is 2. The fourth-order valence-corrected chi connectivity index (χ4v) is 4.42. The van der Waals surface area contributed by atoms with Gasteiger partial charge in [-0.05, 0) is 53.8 Å². The number of hydrogen-bond acceptors (Lipinski definition) is 9. The minimum Gasteiger partial charge on any atom is -0.545 e. The number of nitro benzene ring substituents is 1. The summed E-state index contributed by atoms with van der Waals surface area (Å²) < 4.78 is 8.28. The van der Waals surface area contributed by atoms with Crippen LogP contribution in [0.4, 0.5) is 5.69 Å². The number of allylic oxidation sites excluding steroid dienone is 1. The number of aromatic nitrogens is 2. The predicted octanol–water partition coefficient (Wildman–Crippen LogP) is 0.954. The standard InChI is InChI=1S/C24H17N3O5S2.Na/c1-33-18-9-4-15(5-10-18)23(28)19(12-14-2-7-17(8-3-14)27(31)32)22(24(29)30)16-6-11-20-21(13-16)26-34-25-20;/h2-11,13H,12H2,1H3,(H,29,30);/q;+1/p-1/b22-19+;. The molecular weight excluding hydrogens is 497 g/mol. The van der Waals surface area contributed by atoms with Gasteiger partial charge >= 0.3 is 29.6 Å². The zero-order valence-electron chi connectivity index (χ0n) is 18.8. The molecular formula is C24H16N3NaO5S2. The molecule has 0 aliphatic carbocycles. The molecule has 1 aromatic heterocycles. The molecule has 4 rings (SSSR count). The molecule has 0 amide bonds.